The molecule has 0 aliphatic rings. The van der Waals surface area contributed by atoms with Gasteiger partial charge in [-0.2, -0.15) is 0 Å². The molecule has 7 nitrogen and oxygen atoms in total. The van der Waals surface area contributed by atoms with Gasteiger partial charge in [-0.05, 0) is 30.2 Å². The zero-order valence-corrected chi connectivity index (χ0v) is 14.9. The highest BCUT2D eigenvalue weighted by Gasteiger charge is 2.15. The maximum absolute atomic E-state index is 12.3. The number of nitrogens with zero attached hydrogens (tertiary/aromatic N) is 2. The third-order valence-corrected chi connectivity index (χ3v) is 3.89. The molecule has 0 unspecified atom stereocenters. The van der Waals surface area contributed by atoms with E-state index < -0.39 is 0 Å². The van der Waals surface area contributed by atoms with E-state index in [0.29, 0.717) is 18.3 Å². The monoisotopic (exact) mass is 354 g/mol. The second kappa shape index (κ2) is 7.86. The molecule has 0 bridgehead atoms. The summed E-state index contributed by atoms with van der Waals surface area (Å²) in [6, 6.07) is 10.8. The van der Waals surface area contributed by atoms with Gasteiger partial charge in [0.1, 0.15) is 12.4 Å². The number of carbonyl (C=O) groups is 2. The smallest absolute Gasteiger partial charge is 0.287 e. The molecule has 0 saturated heterocycles. The molecule has 1 aromatic carbocycles. The highest BCUT2D eigenvalue weighted by molar-refractivity contribution is 5.91. The highest BCUT2D eigenvalue weighted by atomic mass is 16.3. The molecular weight excluding hydrogens is 332 g/mol. The van der Waals surface area contributed by atoms with Crippen LogP contribution in [-0.4, -0.2) is 27.9 Å². The van der Waals surface area contributed by atoms with E-state index in [1.165, 1.54) is 6.26 Å². The molecule has 0 spiro atoms. The number of fused-ring (bicyclic) bond motifs is 1. The van der Waals surface area contributed by atoms with Gasteiger partial charge < -0.3 is 19.6 Å². The molecule has 0 aliphatic carbocycles. The molecule has 0 aliphatic heterocycles. The number of aromatic nitrogens is 2. The maximum Gasteiger partial charge on any atom is 0.287 e. The van der Waals surface area contributed by atoms with Crippen LogP contribution in [-0.2, 0) is 17.9 Å². The lowest BCUT2D eigenvalue weighted by atomic mass is 10.2. The number of rotatable bonds is 7. The van der Waals surface area contributed by atoms with Crippen molar-refractivity contribution in [3.05, 3.63) is 54.2 Å². The first-order chi connectivity index (χ1) is 12.5. The number of hydrogen-bond acceptors (Lipinski definition) is 4. The van der Waals surface area contributed by atoms with Crippen molar-refractivity contribution >= 4 is 22.8 Å². The van der Waals surface area contributed by atoms with E-state index in [2.05, 4.69) is 15.6 Å². The molecule has 2 aromatic heterocycles. The Morgan fingerprint density at radius 3 is 2.69 bits per heavy atom. The fourth-order valence-electron chi connectivity index (χ4n) is 2.61. The number of imidazole rings is 1. The quantitative estimate of drug-likeness (QED) is 0.681. The Balaban J connectivity index is 1.78. The van der Waals surface area contributed by atoms with Gasteiger partial charge in [0.2, 0.25) is 5.91 Å². The Labute approximate surface area is 151 Å². The molecule has 0 radical (unpaired) electrons. The first-order valence-corrected chi connectivity index (χ1v) is 8.57. The minimum absolute atomic E-state index is 0.0829. The van der Waals surface area contributed by atoms with Crippen molar-refractivity contribution in [3.63, 3.8) is 0 Å². The molecule has 136 valence electrons. The van der Waals surface area contributed by atoms with E-state index in [9.17, 15) is 9.59 Å². The van der Waals surface area contributed by atoms with Crippen molar-refractivity contribution in [1.82, 2.24) is 20.2 Å². The van der Waals surface area contributed by atoms with Crippen LogP contribution in [0.25, 0.3) is 11.0 Å². The van der Waals surface area contributed by atoms with Crippen LogP contribution in [0.3, 0.4) is 0 Å². The maximum atomic E-state index is 12.3. The fourth-order valence-corrected chi connectivity index (χ4v) is 2.61. The molecule has 0 atom stereocenters. The highest BCUT2D eigenvalue weighted by Crippen LogP contribution is 2.16. The van der Waals surface area contributed by atoms with Crippen LogP contribution in [0.15, 0.2) is 47.1 Å². The summed E-state index contributed by atoms with van der Waals surface area (Å²) in [7, 11) is 0. The summed E-state index contributed by atoms with van der Waals surface area (Å²) in [5.74, 6) is 0.831. The topological polar surface area (TPSA) is 89.2 Å². The van der Waals surface area contributed by atoms with E-state index in [4.69, 9.17) is 4.42 Å². The van der Waals surface area contributed by atoms with Gasteiger partial charge in [0.15, 0.2) is 5.76 Å². The molecule has 3 rings (SSSR count). The average Bonchev–Trinajstić information content (AvgIpc) is 3.27. The zero-order valence-electron chi connectivity index (χ0n) is 14.9. The number of para-hydroxylation sites is 2. The number of benzene rings is 1. The van der Waals surface area contributed by atoms with Gasteiger partial charge in [0.05, 0.1) is 23.8 Å². The van der Waals surface area contributed by atoms with E-state index in [1.54, 1.807) is 12.1 Å². The number of furan rings is 1. The minimum atomic E-state index is -0.321. The number of nitrogens with one attached hydrogen (secondary N) is 2. The summed E-state index contributed by atoms with van der Waals surface area (Å²) < 4.78 is 6.92. The molecule has 0 fully saturated rings. The number of hydrogen-bond donors (Lipinski definition) is 2. The van der Waals surface area contributed by atoms with Crippen LogP contribution in [0.5, 0.6) is 0 Å². The van der Waals surface area contributed by atoms with E-state index >= 15 is 0 Å². The summed E-state index contributed by atoms with van der Waals surface area (Å²) >= 11 is 0. The van der Waals surface area contributed by atoms with Gasteiger partial charge in [-0.3, -0.25) is 9.59 Å². The van der Waals surface area contributed by atoms with E-state index in [-0.39, 0.29) is 30.7 Å². The molecular formula is C19H22N4O3. The van der Waals surface area contributed by atoms with Crippen LogP contribution < -0.4 is 10.6 Å². The van der Waals surface area contributed by atoms with Crippen molar-refractivity contribution in [2.24, 2.45) is 5.92 Å². The van der Waals surface area contributed by atoms with Crippen LogP contribution in [0.2, 0.25) is 0 Å². The number of amides is 2. The van der Waals surface area contributed by atoms with Crippen molar-refractivity contribution in [3.8, 4) is 0 Å². The Hall–Kier alpha value is -3.09. The van der Waals surface area contributed by atoms with Crippen LogP contribution >= 0.6 is 0 Å². The second-order valence-electron chi connectivity index (χ2n) is 6.46. The van der Waals surface area contributed by atoms with Crippen molar-refractivity contribution in [2.45, 2.75) is 26.9 Å². The van der Waals surface area contributed by atoms with Crippen LogP contribution in [0.1, 0.15) is 30.2 Å². The molecule has 26 heavy (non-hydrogen) atoms. The summed E-state index contributed by atoms with van der Waals surface area (Å²) in [5, 5.41) is 5.69. The Kier molecular flexibility index (Phi) is 5.36. The van der Waals surface area contributed by atoms with Crippen LogP contribution in [0, 0.1) is 5.92 Å². The first-order valence-electron chi connectivity index (χ1n) is 8.57. The van der Waals surface area contributed by atoms with Crippen molar-refractivity contribution in [1.29, 1.82) is 0 Å². The van der Waals surface area contributed by atoms with Gasteiger partial charge in [-0.1, -0.05) is 26.0 Å². The van der Waals surface area contributed by atoms with Gasteiger partial charge in [0.25, 0.3) is 5.91 Å². The molecule has 2 N–H and O–H groups in total. The second-order valence-corrected chi connectivity index (χ2v) is 6.46. The van der Waals surface area contributed by atoms with Gasteiger partial charge >= 0.3 is 0 Å². The molecule has 2 amide bonds. The Morgan fingerprint density at radius 1 is 1.15 bits per heavy atom. The lowest BCUT2D eigenvalue weighted by Gasteiger charge is -2.11. The Bertz CT molecular complexity index is 897. The van der Waals surface area contributed by atoms with Gasteiger partial charge in [-0.25, -0.2) is 4.98 Å². The van der Waals surface area contributed by atoms with Crippen LogP contribution in [0.4, 0.5) is 0 Å². The van der Waals surface area contributed by atoms with E-state index in [1.807, 2.05) is 42.7 Å². The molecule has 7 heteroatoms. The molecule has 3 aromatic rings. The summed E-state index contributed by atoms with van der Waals surface area (Å²) in [6.45, 7) is 5.06. The predicted octanol–water partition coefficient (Wildman–Crippen LogP) is 2.33. The third kappa shape index (κ3) is 4.11. The zero-order chi connectivity index (χ0) is 18.5. The predicted molar refractivity (Wildman–Crippen MR) is 97.5 cm³/mol. The Morgan fingerprint density at radius 2 is 1.96 bits per heavy atom. The van der Waals surface area contributed by atoms with Crippen molar-refractivity contribution in [2.75, 3.05) is 6.54 Å². The minimum Gasteiger partial charge on any atom is -0.459 e. The van der Waals surface area contributed by atoms with Gasteiger partial charge in [0, 0.05) is 6.54 Å². The fraction of sp³-hybridized carbons (Fsp3) is 0.316. The largest absolute Gasteiger partial charge is 0.459 e. The van der Waals surface area contributed by atoms with Crippen molar-refractivity contribution < 1.29 is 14.0 Å². The summed E-state index contributed by atoms with van der Waals surface area (Å²) in [5.41, 5.74) is 1.64. The standard InChI is InChI=1S/C19H22N4O3/c1-13(2)10-20-18(24)12-23-15-7-4-3-6-14(15)22-17(23)11-21-19(25)16-8-5-9-26-16/h3-9,13H,10-12H2,1-2H3,(H,20,24)(H,21,25). The first kappa shape index (κ1) is 17.7. The van der Waals surface area contributed by atoms with Gasteiger partial charge in [-0.15, -0.1) is 0 Å². The molecule has 2 heterocycles. The lowest BCUT2D eigenvalue weighted by Crippen LogP contribution is -2.32. The third-order valence-electron chi connectivity index (χ3n) is 3.89. The SMILES string of the molecule is CC(C)CNC(=O)Cn1c(CNC(=O)c2ccco2)nc2ccccc21. The lowest BCUT2D eigenvalue weighted by molar-refractivity contribution is -0.121. The van der Waals surface area contributed by atoms with E-state index in [0.717, 1.165) is 11.0 Å². The average molecular weight is 354 g/mol. The summed E-state index contributed by atoms with van der Waals surface area (Å²) in [6.07, 6.45) is 1.45. The number of carbonyl (C=O) groups excluding carboxylic acids is 2. The molecule has 0 saturated carbocycles. The summed E-state index contributed by atoms with van der Waals surface area (Å²) in [4.78, 5) is 28.9. The normalized spacial score (nSPS) is 11.0.